The lowest BCUT2D eigenvalue weighted by Crippen LogP contribution is -2.08. The first kappa shape index (κ1) is 17.8. The summed E-state index contributed by atoms with van der Waals surface area (Å²) in [5.74, 6) is 0.887. The molecule has 28 heavy (non-hydrogen) atoms. The molecule has 2 aromatic carbocycles. The molecule has 4 nitrogen and oxygen atoms in total. The van der Waals surface area contributed by atoms with Gasteiger partial charge in [-0.05, 0) is 36.2 Å². The number of rotatable bonds is 6. The third-order valence-electron chi connectivity index (χ3n) is 4.38. The van der Waals surface area contributed by atoms with Crippen molar-refractivity contribution in [2.75, 3.05) is 11.9 Å². The highest BCUT2D eigenvalue weighted by atomic mass is 19.1. The van der Waals surface area contributed by atoms with Crippen molar-refractivity contribution in [1.82, 2.24) is 15.0 Å². The molecule has 5 heteroatoms. The van der Waals surface area contributed by atoms with Crippen molar-refractivity contribution in [2.45, 2.75) is 6.42 Å². The maximum atomic E-state index is 14.3. The quantitative estimate of drug-likeness (QED) is 0.519. The van der Waals surface area contributed by atoms with Crippen molar-refractivity contribution in [3.05, 3.63) is 96.6 Å². The van der Waals surface area contributed by atoms with Crippen LogP contribution in [0.4, 0.5) is 10.2 Å². The minimum Gasteiger partial charge on any atom is -0.370 e. The molecule has 2 aromatic heterocycles. The number of hydrogen-bond acceptors (Lipinski definition) is 4. The van der Waals surface area contributed by atoms with E-state index in [-0.39, 0.29) is 5.82 Å². The molecule has 4 aromatic rings. The molecule has 4 rings (SSSR count). The van der Waals surface area contributed by atoms with Gasteiger partial charge in [0.15, 0.2) is 5.82 Å². The molecule has 0 atom stereocenters. The van der Waals surface area contributed by atoms with Crippen LogP contribution in [0.5, 0.6) is 0 Å². The second-order valence-electron chi connectivity index (χ2n) is 6.34. The van der Waals surface area contributed by atoms with E-state index in [9.17, 15) is 4.39 Å². The highest BCUT2D eigenvalue weighted by Gasteiger charge is 2.11. The van der Waals surface area contributed by atoms with Crippen LogP contribution in [0.15, 0.2) is 85.2 Å². The zero-order chi connectivity index (χ0) is 19.2. The van der Waals surface area contributed by atoms with Crippen LogP contribution in [0, 0.1) is 5.82 Å². The largest absolute Gasteiger partial charge is 0.370 e. The number of nitrogens with zero attached hydrogens (tertiary/aromatic N) is 3. The van der Waals surface area contributed by atoms with Gasteiger partial charge < -0.3 is 5.32 Å². The fraction of sp³-hybridized carbons (Fsp3) is 0.0870. The van der Waals surface area contributed by atoms with E-state index in [0.717, 1.165) is 12.0 Å². The van der Waals surface area contributed by atoms with Gasteiger partial charge in [0.1, 0.15) is 11.6 Å². The standard InChI is InChI=1S/C23H19FN4/c24-20-9-5-4-8-19(20)21-16-22(26-15-10-17-6-2-1-3-7-17)28-23(27-21)18-11-13-25-14-12-18/h1-9,11-14,16H,10,15H2,(H,26,27,28). The number of anilines is 1. The summed E-state index contributed by atoms with van der Waals surface area (Å²) >= 11 is 0. The highest BCUT2D eigenvalue weighted by Crippen LogP contribution is 2.26. The molecule has 0 aliphatic carbocycles. The first-order valence-corrected chi connectivity index (χ1v) is 9.12. The van der Waals surface area contributed by atoms with Gasteiger partial charge in [0, 0.05) is 36.1 Å². The Hall–Kier alpha value is -3.60. The normalized spacial score (nSPS) is 10.6. The van der Waals surface area contributed by atoms with Gasteiger partial charge in [0.25, 0.3) is 0 Å². The van der Waals surface area contributed by atoms with Gasteiger partial charge in [0.05, 0.1) is 5.69 Å². The summed E-state index contributed by atoms with van der Waals surface area (Å²) in [6.45, 7) is 0.716. The Morgan fingerprint density at radius 2 is 1.57 bits per heavy atom. The predicted molar refractivity (Wildman–Crippen MR) is 109 cm³/mol. The van der Waals surface area contributed by atoms with E-state index in [1.807, 2.05) is 30.3 Å². The van der Waals surface area contributed by atoms with Crippen molar-refractivity contribution in [2.24, 2.45) is 0 Å². The SMILES string of the molecule is Fc1ccccc1-c1cc(NCCc2ccccc2)nc(-c2ccncc2)n1. The fourth-order valence-electron chi connectivity index (χ4n) is 2.95. The Balaban J connectivity index is 1.65. The number of halogens is 1. The Morgan fingerprint density at radius 3 is 2.36 bits per heavy atom. The number of nitrogens with one attached hydrogen (secondary N) is 1. The van der Waals surface area contributed by atoms with Crippen molar-refractivity contribution < 1.29 is 4.39 Å². The molecule has 138 valence electrons. The molecule has 0 aliphatic rings. The van der Waals surface area contributed by atoms with Crippen LogP contribution >= 0.6 is 0 Å². The molecule has 0 fully saturated rings. The van der Waals surface area contributed by atoms with Crippen LogP contribution in [-0.2, 0) is 6.42 Å². The minimum atomic E-state index is -0.308. The van der Waals surface area contributed by atoms with Gasteiger partial charge in [-0.3, -0.25) is 4.98 Å². The molecule has 1 N–H and O–H groups in total. The molecule has 0 spiro atoms. The zero-order valence-corrected chi connectivity index (χ0v) is 15.2. The van der Waals surface area contributed by atoms with Gasteiger partial charge in [0.2, 0.25) is 0 Å². The fourth-order valence-corrected chi connectivity index (χ4v) is 2.95. The number of aromatic nitrogens is 3. The van der Waals surface area contributed by atoms with Gasteiger partial charge in [-0.1, -0.05) is 42.5 Å². The van der Waals surface area contributed by atoms with Gasteiger partial charge in [-0.15, -0.1) is 0 Å². The average molecular weight is 370 g/mol. The van der Waals surface area contributed by atoms with E-state index in [0.29, 0.717) is 29.4 Å². The van der Waals surface area contributed by atoms with Gasteiger partial charge in [-0.2, -0.15) is 0 Å². The predicted octanol–water partition coefficient (Wildman–Crippen LogP) is 5.00. The Labute approximate surface area is 163 Å². The van der Waals surface area contributed by atoms with Crippen molar-refractivity contribution in [3.8, 4) is 22.6 Å². The first-order chi connectivity index (χ1) is 13.8. The maximum absolute atomic E-state index is 14.3. The summed E-state index contributed by atoms with van der Waals surface area (Å²) in [6, 6.07) is 22.3. The molecule has 0 saturated carbocycles. The number of benzene rings is 2. The molecule has 0 saturated heterocycles. The maximum Gasteiger partial charge on any atom is 0.162 e. The number of hydrogen-bond donors (Lipinski definition) is 1. The first-order valence-electron chi connectivity index (χ1n) is 9.12. The summed E-state index contributed by atoms with van der Waals surface area (Å²) in [5.41, 5.74) is 3.07. The third-order valence-corrected chi connectivity index (χ3v) is 4.38. The van der Waals surface area contributed by atoms with Crippen LogP contribution in [-0.4, -0.2) is 21.5 Å². The second kappa shape index (κ2) is 8.39. The van der Waals surface area contributed by atoms with Crippen molar-refractivity contribution in [3.63, 3.8) is 0 Å². The molecule has 2 heterocycles. The van der Waals surface area contributed by atoms with E-state index in [1.165, 1.54) is 11.6 Å². The Morgan fingerprint density at radius 1 is 0.821 bits per heavy atom. The van der Waals surface area contributed by atoms with E-state index in [2.05, 4.69) is 32.4 Å². The van der Waals surface area contributed by atoms with Crippen LogP contribution in [0.3, 0.4) is 0 Å². The monoisotopic (exact) mass is 370 g/mol. The summed E-state index contributed by atoms with van der Waals surface area (Å²) in [7, 11) is 0. The molecule has 0 aliphatic heterocycles. The van der Waals surface area contributed by atoms with Crippen LogP contribution in [0.2, 0.25) is 0 Å². The number of pyridine rings is 1. The van der Waals surface area contributed by atoms with E-state index < -0.39 is 0 Å². The second-order valence-corrected chi connectivity index (χ2v) is 6.34. The Bertz CT molecular complexity index is 1050. The lowest BCUT2D eigenvalue weighted by atomic mass is 10.1. The molecular weight excluding hydrogens is 351 g/mol. The topological polar surface area (TPSA) is 50.7 Å². The van der Waals surface area contributed by atoms with Crippen LogP contribution < -0.4 is 5.32 Å². The lowest BCUT2D eigenvalue weighted by molar-refractivity contribution is 0.630. The smallest absolute Gasteiger partial charge is 0.162 e. The molecule has 0 unspecified atom stereocenters. The van der Waals surface area contributed by atoms with E-state index in [1.54, 1.807) is 36.7 Å². The molecule has 0 bridgehead atoms. The lowest BCUT2D eigenvalue weighted by Gasteiger charge is -2.11. The van der Waals surface area contributed by atoms with Crippen LogP contribution in [0.25, 0.3) is 22.6 Å². The third kappa shape index (κ3) is 4.20. The van der Waals surface area contributed by atoms with E-state index >= 15 is 0 Å². The average Bonchev–Trinajstić information content (AvgIpc) is 2.75. The van der Waals surface area contributed by atoms with Crippen molar-refractivity contribution >= 4 is 5.82 Å². The molecular formula is C23H19FN4. The summed E-state index contributed by atoms with van der Waals surface area (Å²) in [6.07, 6.45) is 4.25. The van der Waals surface area contributed by atoms with Gasteiger partial charge in [-0.25, -0.2) is 14.4 Å². The summed E-state index contributed by atoms with van der Waals surface area (Å²) in [4.78, 5) is 13.2. The highest BCUT2D eigenvalue weighted by molar-refractivity contribution is 5.67. The summed E-state index contributed by atoms with van der Waals surface area (Å²) < 4.78 is 14.3. The summed E-state index contributed by atoms with van der Waals surface area (Å²) in [5, 5.41) is 3.34. The zero-order valence-electron chi connectivity index (χ0n) is 15.2. The molecule has 0 amide bonds. The van der Waals surface area contributed by atoms with Crippen LogP contribution in [0.1, 0.15) is 5.56 Å². The van der Waals surface area contributed by atoms with Crippen molar-refractivity contribution in [1.29, 1.82) is 0 Å². The van der Waals surface area contributed by atoms with E-state index in [4.69, 9.17) is 0 Å². The van der Waals surface area contributed by atoms with Gasteiger partial charge >= 0.3 is 0 Å². The minimum absolute atomic E-state index is 0.308. The Kier molecular flexibility index (Phi) is 5.33. The molecule has 0 radical (unpaired) electrons.